The molecule has 0 saturated carbocycles. The summed E-state index contributed by atoms with van der Waals surface area (Å²) >= 11 is 0. The van der Waals surface area contributed by atoms with Crippen LogP contribution < -0.4 is 14.8 Å². The number of methoxy groups -OCH3 is 1. The molecule has 0 radical (unpaired) electrons. The number of rotatable bonds is 4. The Labute approximate surface area is 105 Å². The molecule has 1 aliphatic heterocycles. The van der Waals surface area contributed by atoms with Gasteiger partial charge in [-0.1, -0.05) is 0 Å². The zero-order valence-electron chi connectivity index (χ0n) is 9.94. The van der Waals surface area contributed by atoms with Gasteiger partial charge in [-0.2, -0.15) is 0 Å². The molecular formula is C11H15FN2O3S. The Kier molecular flexibility index (Phi) is 3.72. The van der Waals surface area contributed by atoms with Gasteiger partial charge in [-0.15, -0.1) is 0 Å². The minimum atomic E-state index is -3.57. The number of hydrogen-bond donors (Lipinski definition) is 2. The number of sulfonamides is 1. The topological polar surface area (TPSA) is 67.4 Å². The van der Waals surface area contributed by atoms with Gasteiger partial charge < -0.3 is 10.1 Å². The first-order valence-corrected chi connectivity index (χ1v) is 7.13. The van der Waals surface area contributed by atoms with Crippen molar-refractivity contribution in [1.82, 2.24) is 5.32 Å². The first-order valence-electron chi connectivity index (χ1n) is 5.59. The molecule has 1 aliphatic rings. The third-order valence-corrected chi connectivity index (χ3v) is 4.66. The summed E-state index contributed by atoms with van der Waals surface area (Å²) in [5.74, 6) is -0.219. The van der Waals surface area contributed by atoms with E-state index in [1.165, 1.54) is 25.3 Å². The van der Waals surface area contributed by atoms with Gasteiger partial charge in [0.15, 0.2) is 0 Å². The zero-order chi connectivity index (χ0) is 13.2. The molecule has 2 rings (SSSR count). The van der Waals surface area contributed by atoms with Crippen molar-refractivity contribution in [1.29, 1.82) is 0 Å². The van der Waals surface area contributed by atoms with Crippen LogP contribution in [0.2, 0.25) is 0 Å². The second-order valence-corrected chi connectivity index (χ2v) is 6.07. The van der Waals surface area contributed by atoms with Crippen molar-refractivity contribution < 1.29 is 17.5 Å². The van der Waals surface area contributed by atoms with E-state index in [0.717, 1.165) is 0 Å². The number of nitrogens with one attached hydrogen (secondary N) is 2. The van der Waals surface area contributed by atoms with E-state index in [2.05, 4.69) is 10.0 Å². The van der Waals surface area contributed by atoms with Gasteiger partial charge >= 0.3 is 0 Å². The molecule has 5 nitrogen and oxygen atoms in total. The van der Waals surface area contributed by atoms with E-state index in [4.69, 9.17) is 4.74 Å². The molecule has 100 valence electrons. The van der Waals surface area contributed by atoms with Gasteiger partial charge in [0.05, 0.1) is 18.0 Å². The number of benzene rings is 1. The molecule has 2 N–H and O–H groups in total. The second kappa shape index (κ2) is 5.11. The van der Waals surface area contributed by atoms with Crippen LogP contribution in [0.15, 0.2) is 18.2 Å². The fourth-order valence-electron chi connectivity index (χ4n) is 1.84. The number of ether oxygens (including phenoxy) is 1. The molecule has 1 aromatic rings. The van der Waals surface area contributed by atoms with Crippen LogP contribution in [0.1, 0.15) is 6.42 Å². The molecule has 7 heteroatoms. The third kappa shape index (κ3) is 2.73. The van der Waals surface area contributed by atoms with E-state index in [1.54, 1.807) is 0 Å². The minimum absolute atomic E-state index is 0.0822. The normalized spacial score (nSPS) is 19.8. The lowest BCUT2D eigenvalue weighted by molar-refractivity contribution is 0.414. The molecule has 1 heterocycles. The highest BCUT2D eigenvalue weighted by atomic mass is 32.2. The summed E-state index contributed by atoms with van der Waals surface area (Å²) in [5, 5.41) is 2.44. The Morgan fingerprint density at radius 3 is 2.89 bits per heavy atom. The first-order chi connectivity index (χ1) is 8.53. The van der Waals surface area contributed by atoms with Crippen LogP contribution in [-0.4, -0.2) is 33.9 Å². The molecule has 0 spiro atoms. The maximum Gasteiger partial charge on any atom is 0.237 e. The fraction of sp³-hybridized carbons (Fsp3) is 0.455. The van der Waals surface area contributed by atoms with E-state index in [-0.39, 0.29) is 5.69 Å². The van der Waals surface area contributed by atoms with Gasteiger partial charge in [-0.25, -0.2) is 12.8 Å². The Bertz CT molecular complexity index is 527. The van der Waals surface area contributed by atoms with Crippen molar-refractivity contribution in [3.05, 3.63) is 24.0 Å². The van der Waals surface area contributed by atoms with Crippen molar-refractivity contribution in [2.75, 3.05) is 24.9 Å². The van der Waals surface area contributed by atoms with Crippen molar-refractivity contribution in [2.24, 2.45) is 0 Å². The average Bonchev–Trinajstić information content (AvgIpc) is 2.86. The standard InChI is InChI=1S/C11H15FN2O3S/c1-17-8-2-3-10(12)11(6-8)14-18(15,16)9-4-5-13-7-9/h2-3,6,9,13-14H,4-5,7H2,1H3. The first kappa shape index (κ1) is 13.1. The highest BCUT2D eigenvalue weighted by Gasteiger charge is 2.29. The average molecular weight is 274 g/mol. The zero-order valence-corrected chi connectivity index (χ0v) is 10.8. The molecule has 1 aromatic carbocycles. The third-order valence-electron chi connectivity index (χ3n) is 2.88. The molecule has 0 aliphatic carbocycles. The summed E-state index contributed by atoms with van der Waals surface area (Å²) in [6.07, 6.45) is 0.529. The lowest BCUT2D eigenvalue weighted by Crippen LogP contribution is -2.29. The van der Waals surface area contributed by atoms with Crippen LogP contribution in [0.5, 0.6) is 5.75 Å². The van der Waals surface area contributed by atoms with E-state index in [0.29, 0.717) is 25.3 Å². The van der Waals surface area contributed by atoms with E-state index in [1.807, 2.05) is 0 Å². The SMILES string of the molecule is COc1ccc(F)c(NS(=O)(=O)C2CCNC2)c1. The largest absolute Gasteiger partial charge is 0.497 e. The molecule has 1 fully saturated rings. The highest BCUT2D eigenvalue weighted by molar-refractivity contribution is 7.93. The van der Waals surface area contributed by atoms with Gasteiger partial charge in [0, 0.05) is 12.6 Å². The molecule has 0 bridgehead atoms. The Morgan fingerprint density at radius 2 is 2.28 bits per heavy atom. The smallest absolute Gasteiger partial charge is 0.237 e. The Morgan fingerprint density at radius 1 is 1.50 bits per heavy atom. The van der Waals surface area contributed by atoms with Crippen molar-refractivity contribution >= 4 is 15.7 Å². The van der Waals surface area contributed by atoms with E-state index in [9.17, 15) is 12.8 Å². The van der Waals surface area contributed by atoms with Crippen LogP contribution >= 0.6 is 0 Å². The molecule has 1 saturated heterocycles. The van der Waals surface area contributed by atoms with Gasteiger partial charge in [0.2, 0.25) is 10.0 Å². The van der Waals surface area contributed by atoms with Gasteiger partial charge in [0.25, 0.3) is 0 Å². The lowest BCUT2D eigenvalue weighted by Gasteiger charge is -2.14. The van der Waals surface area contributed by atoms with Crippen molar-refractivity contribution in [3.8, 4) is 5.75 Å². The van der Waals surface area contributed by atoms with Gasteiger partial charge in [-0.05, 0) is 25.1 Å². The molecule has 18 heavy (non-hydrogen) atoms. The van der Waals surface area contributed by atoms with Crippen molar-refractivity contribution in [2.45, 2.75) is 11.7 Å². The molecule has 0 aromatic heterocycles. The van der Waals surface area contributed by atoms with E-state index < -0.39 is 21.1 Å². The van der Waals surface area contributed by atoms with Crippen LogP contribution in [0.4, 0.5) is 10.1 Å². The fourth-order valence-corrected chi connectivity index (χ4v) is 3.23. The maximum absolute atomic E-state index is 13.5. The van der Waals surface area contributed by atoms with Gasteiger partial charge in [-0.3, -0.25) is 4.72 Å². The summed E-state index contributed by atoms with van der Waals surface area (Å²) in [6, 6.07) is 3.93. The summed E-state index contributed by atoms with van der Waals surface area (Å²) < 4.78 is 44.7. The number of anilines is 1. The summed E-state index contributed by atoms with van der Waals surface area (Å²) in [7, 11) is -2.13. The summed E-state index contributed by atoms with van der Waals surface area (Å²) in [6.45, 7) is 1.05. The van der Waals surface area contributed by atoms with E-state index >= 15 is 0 Å². The maximum atomic E-state index is 13.5. The number of hydrogen-bond acceptors (Lipinski definition) is 4. The Balaban J connectivity index is 2.22. The Hall–Kier alpha value is -1.34. The van der Waals surface area contributed by atoms with Crippen LogP contribution in [0, 0.1) is 5.82 Å². The monoisotopic (exact) mass is 274 g/mol. The highest BCUT2D eigenvalue weighted by Crippen LogP contribution is 2.23. The van der Waals surface area contributed by atoms with Gasteiger partial charge in [0.1, 0.15) is 11.6 Å². The quantitative estimate of drug-likeness (QED) is 0.857. The van der Waals surface area contributed by atoms with Crippen LogP contribution in [0.3, 0.4) is 0 Å². The van der Waals surface area contributed by atoms with Crippen LogP contribution in [0.25, 0.3) is 0 Å². The second-order valence-electron chi connectivity index (χ2n) is 4.11. The number of halogens is 1. The molecular weight excluding hydrogens is 259 g/mol. The summed E-state index contributed by atoms with van der Waals surface area (Å²) in [5.41, 5.74) is -0.0822. The van der Waals surface area contributed by atoms with Crippen molar-refractivity contribution in [3.63, 3.8) is 0 Å². The minimum Gasteiger partial charge on any atom is -0.497 e. The lowest BCUT2D eigenvalue weighted by atomic mass is 10.3. The predicted octanol–water partition coefficient (Wildman–Crippen LogP) is 0.938. The molecule has 1 unspecified atom stereocenters. The van der Waals surface area contributed by atoms with Crippen LogP contribution in [-0.2, 0) is 10.0 Å². The molecule has 1 atom stereocenters. The summed E-state index contributed by atoms with van der Waals surface area (Å²) in [4.78, 5) is 0. The predicted molar refractivity (Wildman–Crippen MR) is 66.8 cm³/mol. The molecule has 0 amide bonds.